The molecule has 0 atom stereocenters. The van der Waals surface area contributed by atoms with Crippen molar-refractivity contribution in [2.24, 2.45) is 11.1 Å². The number of benzene rings is 3. The number of rotatable bonds is 9. The minimum atomic E-state index is 0.779. The molecule has 190 valence electrons. The molecule has 5 rings (SSSR count). The lowest BCUT2D eigenvalue weighted by Gasteiger charge is -2.32. The molecule has 0 bridgehead atoms. The van der Waals surface area contributed by atoms with Crippen molar-refractivity contribution in [3.8, 4) is 0 Å². The summed E-state index contributed by atoms with van der Waals surface area (Å²) in [4.78, 5) is 12.5. The van der Waals surface area contributed by atoms with Gasteiger partial charge >= 0.3 is 0 Å². The van der Waals surface area contributed by atoms with Crippen molar-refractivity contribution in [3.63, 3.8) is 0 Å². The lowest BCUT2D eigenvalue weighted by molar-refractivity contribution is 0.186. The van der Waals surface area contributed by atoms with Crippen LogP contribution in [0.1, 0.15) is 36.1 Å². The van der Waals surface area contributed by atoms with E-state index < -0.39 is 0 Å². The van der Waals surface area contributed by atoms with Gasteiger partial charge < -0.3 is 15.1 Å². The van der Waals surface area contributed by atoms with Crippen molar-refractivity contribution in [3.05, 3.63) is 102 Å². The second-order valence-electron chi connectivity index (χ2n) is 9.98. The van der Waals surface area contributed by atoms with Crippen molar-refractivity contribution >= 4 is 28.0 Å². The average Bonchev–Trinajstić information content (AvgIpc) is 2.92. The van der Waals surface area contributed by atoms with Crippen LogP contribution < -0.4 is 5.32 Å². The van der Waals surface area contributed by atoms with Gasteiger partial charge in [0, 0.05) is 41.0 Å². The third kappa shape index (κ3) is 6.55. The van der Waals surface area contributed by atoms with Crippen LogP contribution in [0.15, 0.2) is 90.1 Å². The number of aryl methyl sites for hydroxylation is 1. The summed E-state index contributed by atoms with van der Waals surface area (Å²) in [5, 5.41) is 9.13. The Morgan fingerprint density at radius 3 is 2.57 bits per heavy atom. The molecule has 0 amide bonds. The highest BCUT2D eigenvalue weighted by molar-refractivity contribution is 6.01. The van der Waals surface area contributed by atoms with E-state index >= 15 is 0 Å². The number of fused-ring (bicyclic) bond motifs is 1. The third-order valence-corrected chi connectivity index (χ3v) is 7.26. The summed E-state index contributed by atoms with van der Waals surface area (Å²) < 4.78 is 0. The Morgan fingerprint density at radius 1 is 0.973 bits per heavy atom. The number of anilines is 2. The van der Waals surface area contributed by atoms with Gasteiger partial charge in [-0.1, -0.05) is 65.8 Å². The van der Waals surface area contributed by atoms with Crippen molar-refractivity contribution in [2.45, 2.75) is 32.6 Å². The van der Waals surface area contributed by atoms with Gasteiger partial charge in [0.1, 0.15) is 7.11 Å². The predicted octanol–water partition coefficient (Wildman–Crippen LogP) is 6.98. The quantitative estimate of drug-likeness (QED) is 0.202. The van der Waals surface area contributed by atoms with Crippen molar-refractivity contribution in [1.82, 2.24) is 9.88 Å². The molecule has 0 saturated carbocycles. The molecule has 1 aliphatic rings. The van der Waals surface area contributed by atoms with Gasteiger partial charge in [-0.25, -0.2) is 0 Å². The maximum atomic E-state index is 5.25. The lowest BCUT2D eigenvalue weighted by atomic mass is 9.90. The zero-order valence-electron chi connectivity index (χ0n) is 21.9. The van der Waals surface area contributed by atoms with Gasteiger partial charge in [0.2, 0.25) is 0 Å². The van der Waals surface area contributed by atoms with Crippen molar-refractivity contribution in [2.75, 3.05) is 32.1 Å². The number of hydrogen-bond acceptors (Lipinski definition) is 5. The molecule has 1 aromatic heterocycles. The Morgan fingerprint density at radius 2 is 1.76 bits per heavy atom. The van der Waals surface area contributed by atoms with E-state index in [4.69, 9.17) is 4.84 Å². The summed E-state index contributed by atoms with van der Waals surface area (Å²) in [5.74, 6) is 0.779. The first-order valence-electron chi connectivity index (χ1n) is 13.3. The van der Waals surface area contributed by atoms with Crippen LogP contribution in [0.2, 0.25) is 0 Å². The fraction of sp³-hybridized carbons (Fsp3) is 0.312. The summed E-state index contributed by atoms with van der Waals surface area (Å²) in [6, 6.07) is 29.7. The van der Waals surface area contributed by atoms with E-state index in [0.717, 1.165) is 71.2 Å². The monoisotopic (exact) mass is 492 g/mol. The van der Waals surface area contributed by atoms with E-state index in [1.54, 1.807) is 7.11 Å². The lowest BCUT2D eigenvalue weighted by Crippen LogP contribution is -2.35. The van der Waals surface area contributed by atoms with Crippen LogP contribution >= 0.6 is 0 Å². The summed E-state index contributed by atoms with van der Waals surface area (Å²) in [6.45, 7) is 5.32. The molecule has 37 heavy (non-hydrogen) atoms. The highest BCUT2D eigenvalue weighted by Crippen LogP contribution is 2.27. The Bertz CT molecular complexity index is 1340. The smallest absolute Gasteiger partial charge is 0.106 e. The number of likely N-dealkylation sites (tertiary alicyclic amines) is 1. The van der Waals surface area contributed by atoms with Crippen LogP contribution in [-0.2, 0) is 11.3 Å². The van der Waals surface area contributed by atoms with E-state index in [-0.39, 0.29) is 0 Å². The Labute approximate surface area is 220 Å². The number of nitrogens with one attached hydrogen (secondary N) is 1. The van der Waals surface area contributed by atoms with E-state index in [1.165, 1.54) is 24.8 Å². The fourth-order valence-corrected chi connectivity index (χ4v) is 5.32. The Hall–Kier alpha value is -3.70. The minimum Gasteiger partial charge on any atom is -0.399 e. The molecule has 5 heteroatoms. The molecule has 1 aliphatic heterocycles. The van der Waals surface area contributed by atoms with E-state index in [1.807, 2.05) is 13.0 Å². The van der Waals surface area contributed by atoms with Gasteiger partial charge in [0.05, 0.1) is 11.2 Å². The summed E-state index contributed by atoms with van der Waals surface area (Å²) in [7, 11) is 1.63. The second-order valence-corrected chi connectivity index (χ2v) is 9.98. The van der Waals surface area contributed by atoms with Crippen LogP contribution in [0, 0.1) is 12.8 Å². The third-order valence-electron chi connectivity index (χ3n) is 7.26. The number of nitrogens with zero attached hydrogens (tertiary/aromatic N) is 3. The highest BCUT2D eigenvalue weighted by atomic mass is 16.6. The average molecular weight is 493 g/mol. The highest BCUT2D eigenvalue weighted by Gasteiger charge is 2.20. The zero-order valence-corrected chi connectivity index (χ0v) is 21.9. The number of para-hydroxylation sites is 1. The number of aromatic nitrogens is 1. The molecule has 0 unspecified atom stereocenters. The maximum absolute atomic E-state index is 5.25. The van der Waals surface area contributed by atoms with E-state index in [2.05, 4.69) is 99.2 Å². The molecule has 0 aliphatic carbocycles. The molecule has 1 saturated heterocycles. The first kappa shape index (κ1) is 25.0. The molecule has 0 spiro atoms. The fourth-order valence-electron chi connectivity index (χ4n) is 5.32. The van der Waals surface area contributed by atoms with Gasteiger partial charge in [0.15, 0.2) is 0 Å². The number of oxime groups is 1. The zero-order chi connectivity index (χ0) is 25.5. The van der Waals surface area contributed by atoms with Crippen LogP contribution in [0.25, 0.3) is 10.9 Å². The number of hydrogen-bond donors (Lipinski definition) is 1. The molecule has 4 aromatic rings. The molecule has 3 aromatic carbocycles. The first-order chi connectivity index (χ1) is 18.2. The summed E-state index contributed by atoms with van der Waals surface area (Å²) >= 11 is 0. The molecule has 5 nitrogen and oxygen atoms in total. The Kier molecular flexibility index (Phi) is 8.11. The first-order valence-corrected chi connectivity index (χ1v) is 13.3. The molecule has 2 heterocycles. The predicted molar refractivity (Wildman–Crippen MR) is 154 cm³/mol. The van der Waals surface area contributed by atoms with Gasteiger partial charge in [-0.2, -0.15) is 0 Å². The largest absolute Gasteiger partial charge is 0.399 e. The Balaban J connectivity index is 1.22. The van der Waals surface area contributed by atoms with Gasteiger partial charge in [0.25, 0.3) is 0 Å². The van der Waals surface area contributed by atoms with Crippen molar-refractivity contribution < 1.29 is 4.84 Å². The number of pyridine rings is 1. The maximum Gasteiger partial charge on any atom is 0.106 e. The summed E-state index contributed by atoms with van der Waals surface area (Å²) in [5.41, 5.74) is 7.59. The molecular formula is C32H36N4O. The van der Waals surface area contributed by atoms with Gasteiger partial charge in [-0.15, -0.1) is 0 Å². The normalized spacial score (nSPS) is 15.1. The van der Waals surface area contributed by atoms with Gasteiger partial charge in [-0.05, 0) is 75.0 Å². The van der Waals surface area contributed by atoms with Crippen LogP contribution in [0.5, 0.6) is 0 Å². The summed E-state index contributed by atoms with van der Waals surface area (Å²) in [6.07, 6.45) is 4.56. The number of piperidine rings is 1. The van der Waals surface area contributed by atoms with Crippen LogP contribution in [-0.4, -0.2) is 42.3 Å². The van der Waals surface area contributed by atoms with Crippen molar-refractivity contribution in [1.29, 1.82) is 0 Å². The van der Waals surface area contributed by atoms with Gasteiger partial charge in [-0.3, -0.25) is 4.98 Å². The van der Waals surface area contributed by atoms with Crippen LogP contribution in [0.3, 0.4) is 0 Å². The topological polar surface area (TPSA) is 49.8 Å². The SMILES string of the molecule is CO/N=C(\CCN1CCC(Cc2ccccc2)CC1)c1cccc(Nc2cc(C)nc3ccccc23)c1. The standard InChI is InChI=1S/C32H36N4O/c1-24-21-32(29-13-6-7-14-31(29)33-24)34-28-12-8-11-27(23-28)30(35-37-2)17-20-36-18-15-26(16-19-36)22-25-9-4-3-5-10-25/h3-14,21,23,26H,15-20,22H2,1-2H3,(H,33,34)/b35-30+. The molecule has 0 radical (unpaired) electrons. The molecule has 1 N–H and O–H groups in total. The minimum absolute atomic E-state index is 0.779. The second kappa shape index (κ2) is 12.0. The van der Waals surface area contributed by atoms with E-state index in [9.17, 15) is 0 Å². The van der Waals surface area contributed by atoms with Crippen LogP contribution in [0.4, 0.5) is 11.4 Å². The van der Waals surface area contributed by atoms with E-state index in [0.29, 0.717) is 0 Å². The molecule has 1 fully saturated rings. The molecular weight excluding hydrogens is 456 g/mol.